The van der Waals surface area contributed by atoms with Crippen molar-refractivity contribution in [2.24, 2.45) is 11.8 Å². The Morgan fingerprint density at radius 3 is 2.85 bits per heavy atom. The topological polar surface area (TPSA) is 61.5 Å². The molecule has 1 N–H and O–H groups in total. The quantitative estimate of drug-likeness (QED) is 0.689. The van der Waals surface area contributed by atoms with E-state index in [1.807, 2.05) is 31.2 Å². The zero-order valence-electron chi connectivity index (χ0n) is 20.4. The average molecular weight is 461 g/mol. The van der Waals surface area contributed by atoms with Crippen molar-refractivity contribution in [2.45, 2.75) is 64.0 Å². The Hall–Kier alpha value is -2.60. The molecule has 2 aromatic rings. The van der Waals surface area contributed by atoms with Gasteiger partial charge in [0.25, 0.3) is 0 Å². The maximum absolute atomic E-state index is 13.8. The predicted octanol–water partition coefficient (Wildman–Crippen LogP) is 4.36. The third kappa shape index (κ3) is 3.76. The number of H-pyrrole nitrogens is 1. The van der Waals surface area contributed by atoms with Crippen LogP contribution in [-0.4, -0.2) is 64.7 Å². The van der Waals surface area contributed by atoms with Crippen LogP contribution in [-0.2, 0) is 11.2 Å². The second-order valence-corrected chi connectivity index (χ2v) is 10.7. The van der Waals surface area contributed by atoms with Crippen LogP contribution in [0.15, 0.2) is 35.9 Å². The molecule has 0 radical (unpaired) electrons. The Labute approximate surface area is 202 Å². The van der Waals surface area contributed by atoms with Gasteiger partial charge in [0.2, 0.25) is 5.91 Å². The van der Waals surface area contributed by atoms with E-state index < -0.39 is 0 Å². The van der Waals surface area contributed by atoms with Gasteiger partial charge in [-0.1, -0.05) is 18.1 Å². The monoisotopic (exact) mass is 460 g/mol. The Bertz CT molecular complexity index is 1090. The number of ether oxygens (including phenoxy) is 1. The highest BCUT2D eigenvalue weighted by atomic mass is 16.5. The number of carbonyl (C=O) groups is 1. The van der Waals surface area contributed by atoms with E-state index in [4.69, 9.17) is 4.74 Å². The van der Waals surface area contributed by atoms with E-state index in [2.05, 4.69) is 26.1 Å². The molecule has 0 unspecified atom stereocenters. The predicted molar refractivity (Wildman–Crippen MR) is 133 cm³/mol. The van der Waals surface area contributed by atoms with Crippen LogP contribution < -0.4 is 4.74 Å². The van der Waals surface area contributed by atoms with Crippen LogP contribution in [0.25, 0.3) is 11.3 Å². The minimum atomic E-state index is 0.245. The number of amides is 1. The van der Waals surface area contributed by atoms with E-state index in [1.165, 1.54) is 32.2 Å². The van der Waals surface area contributed by atoms with Crippen molar-refractivity contribution in [3.05, 3.63) is 47.2 Å². The van der Waals surface area contributed by atoms with Crippen LogP contribution >= 0.6 is 0 Å². The molecular weight excluding hydrogens is 424 g/mol. The highest BCUT2D eigenvalue weighted by Gasteiger charge is 2.46. The molecule has 2 bridgehead atoms. The number of nitrogens with zero attached hydrogens (tertiary/aromatic N) is 3. The lowest BCUT2D eigenvalue weighted by Gasteiger charge is -2.54. The first-order valence-electron chi connectivity index (χ1n) is 13.0. The van der Waals surface area contributed by atoms with Crippen molar-refractivity contribution in [1.82, 2.24) is 20.0 Å². The molecule has 6 rings (SSSR count). The van der Waals surface area contributed by atoms with Crippen LogP contribution in [0, 0.1) is 18.8 Å². The number of hydrogen-bond donors (Lipinski definition) is 1. The standard InChI is InChI=1S/C28H36N4O2/c1-18-24(27(30-29-18)19-8-10-23(34-2)11-9-19)16-26(33)32-13-5-6-20-14-21-15-22(28(20)32)17-31-12-4-3-7-25(21)31/h8-11,14,21-22,25,28H,3-7,12-13,15-17H2,1-2H3,(H,29,30)/t21-,22+,25+,28+/m0/s1. The van der Waals surface area contributed by atoms with E-state index in [9.17, 15) is 4.79 Å². The maximum atomic E-state index is 13.8. The van der Waals surface area contributed by atoms with E-state index in [0.29, 0.717) is 18.3 Å². The summed E-state index contributed by atoms with van der Waals surface area (Å²) in [6.07, 6.45) is 10.5. The molecule has 3 aliphatic heterocycles. The number of rotatable bonds is 4. The second kappa shape index (κ2) is 8.88. The van der Waals surface area contributed by atoms with Gasteiger partial charge in [-0.15, -0.1) is 0 Å². The van der Waals surface area contributed by atoms with Gasteiger partial charge in [0.05, 0.1) is 25.3 Å². The number of piperidine rings is 3. The number of nitrogens with one attached hydrogen (secondary N) is 1. The lowest BCUT2D eigenvalue weighted by molar-refractivity contribution is -0.135. The third-order valence-corrected chi connectivity index (χ3v) is 8.74. The first kappa shape index (κ1) is 21.9. The summed E-state index contributed by atoms with van der Waals surface area (Å²) in [7, 11) is 1.67. The first-order valence-corrected chi connectivity index (χ1v) is 13.0. The van der Waals surface area contributed by atoms with Gasteiger partial charge in [-0.3, -0.25) is 14.8 Å². The highest BCUT2D eigenvalue weighted by molar-refractivity contribution is 5.82. The Morgan fingerprint density at radius 2 is 2.03 bits per heavy atom. The van der Waals surface area contributed by atoms with Crippen molar-refractivity contribution in [2.75, 3.05) is 26.7 Å². The van der Waals surface area contributed by atoms with E-state index in [0.717, 1.165) is 60.2 Å². The molecule has 1 aromatic carbocycles. The summed E-state index contributed by atoms with van der Waals surface area (Å²) in [5, 5.41) is 7.69. The summed E-state index contributed by atoms with van der Waals surface area (Å²) in [6.45, 7) is 5.29. The molecule has 180 valence electrons. The van der Waals surface area contributed by atoms with Crippen LogP contribution in [0.5, 0.6) is 5.75 Å². The average Bonchev–Trinajstić information content (AvgIpc) is 3.23. The molecule has 6 heteroatoms. The summed E-state index contributed by atoms with van der Waals surface area (Å²) >= 11 is 0. The third-order valence-electron chi connectivity index (χ3n) is 8.74. The SMILES string of the molecule is COc1ccc(-c2n[nH]c(C)c2CC(=O)N2CCCC3=C[C@H]4C[C@H](CN5CCCC[C@H]45)[C@@H]32)cc1. The molecule has 3 saturated heterocycles. The zero-order chi connectivity index (χ0) is 23.2. The number of hydrogen-bond acceptors (Lipinski definition) is 4. The van der Waals surface area contributed by atoms with Crippen LogP contribution in [0.1, 0.15) is 49.8 Å². The molecule has 1 aromatic heterocycles. The fourth-order valence-corrected chi connectivity index (χ4v) is 7.16. The van der Waals surface area contributed by atoms with Gasteiger partial charge < -0.3 is 9.64 Å². The zero-order valence-corrected chi connectivity index (χ0v) is 20.4. The molecule has 1 aliphatic carbocycles. The number of aryl methyl sites for hydroxylation is 1. The molecule has 4 atom stereocenters. The van der Waals surface area contributed by atoms with Gasteiger partial charge >= 0.3 is 0 Å². The minimum Gasteiger partial charge on any atom is -0.497 e. The summed E-state index contributed by atoms with van der Waals surface area (Å²) in [5.74, 6) is 2.34. The molecular formula is C28H36N4O2. The van der Waals surface area contributed by atoms with Gasteiger partial charge in [-0.05, 0) is 81.7 Å². The van der Waals surface area contributed by atoms with Gasteiger partial charge in [-0.25, -0.2) is 0 Å². The Morgan fingerprint density at radius 1 is 1.18 bits per heavy atom. The largest absolute Gasteiger partial charge is 0.497 e. The van der Waals surface area contributed by atoms with E-state index >= 15 is 0 Å². The fraction of sp³-hybridized carbons (Fsp3) is 0.571. The van der Waals surface area contributed by atoms with Gasteiger partial charge in [0.15, 0.2) is 0 Å². The van der Waals surface area contributed by atoms with Crippen molar-refractivity contribution in [3.63, 3.8) is 0 Å². The fourth-order valence-electron chi connectivity index (χ4n) is 7.16. The Kier molecular flexibility index (Phi) is 5.72. The molecule has 4 aliphatic rings. The van der Waals surface area contributed by atoms with E-state index in [-0.39, 0.29) is 11.9 Å². The molecule has 0 saturated carbocycles. The summed E-state index contributed by atoms with van der Waals surface area (Å²) in [5.41, 5.74) is 5.42. The minimum absolute atomic E-state index is 0.245. The van der Waals surface area contributed by atoms with Crippen molar-refractivity contribution >= 4 is 5.91 Å². The van der Waals surface area contributed by atoms with Gasteiger partial charge in [0.1, 0.15) is 5.75 Å². The second-order valence-electron chi connectivity index (χ2n) is 10.7. The smallest absolute Gasteiger partial charge is 0.227 e. The van der Waals surface area contributed by atoms with Crippen LogP contribution in [0.4, 0.5) is 0 Å². The summed E-state index contributed by atoms with van der Waals surface area (Å²) in [6, 6.07) is 8.96. The van der Waals surface area contributed by atoms with Crippen molar-refractivity contribution in [1.29, 1.82) is 0 Å². The Balaban J connectivity index is 1.25. The molecule has 6 nitrogen and oxygen atoms in total. The number of aromatic nitrogens is 2. The number of likely N-dealkylation sites (tertiary alicyclic amines) is 1. The highest BCUT2D eigenvalue weighted by Crippen LogP contribution is 2.45. The number of fused-ring (bicyclic) bond motifs is 6. The molecule has 3 fully saturated rings. The van der Waals surface area contributed by atoms with Crippen molar-refractivity contribution in [3.8, 4) is 17.0 Å². The van der Waals surface area contributed by atoms with Crippen molar-refractivity contribution < 1.29 is 9.53 Å². The summed E-state index contributed by atoms with van der Waals surface area (Å²) in [4.78, 5) is 18.8. The molecule has 34 heavy (non-hydrogen) atoms. The lowest BCUT2D eigenvalue weighted by Crippen LogP contribution is -2.60. The van der Waals surface area contributed by atoms with E-state index in [1.54, 1.807) is 12.7 Å². The normalized spacial score (nSPS) is 28.6. The number of carbonyl (C=O) groups excluding carboxylic acids is 1. The van der Waals surface area contributed by atoms with Crippen LogP contribution in [0.2, 0.25) is 0 Å². The molecule has 0 spiro atoms. The maximum Gasteiger partial charge on any atom is 0.227 e. The lowest BCUT2D eigenvalue weighted by atomic mass is 9.68. The van der Waals surface area contributed by atoms with Crippen LogP contribution in [0.3, 0.4) is 0 Å². The van der Waals surface area contributed by atoms with Gasteiger partial charge in [0, 0.05) is 36.0 Å². The number of methoxy groups -OCH3 is 1. The molecule has 4 heterocycles. The molecule has 1 amide bonds. The first-order chi connectivity index (χ1) is 16.6. The summed E-state index contributed by atoms with van der Waals surface area (Å²) < 4.78 is 5.30. The van der Waals surface area contributed by atoms with Gasteiger partial charge in [-0.2, -0.15) is 5.10 Å². The number of benzene rings is 1. The number of aromatic amines is 1.